The molecule has 0 aliphatic carbocycles. The number of anilines is 1. The van der Waals surface area contributed by atoms with Gasteiger partial charge in [-0.15, -0.1) is 0 Å². The molecule has 2 aromatic carbocycles. The fraction of sp³-hybridized carbons (Fsp3) is 0.400. The Hall–Kier alpha value is -3.40. The molecule has 1 aliphatic rings. The molecule has 3 aromatic rings. The highest BCUT2D eigenvalue weighted by atomic mass is 19.4. The van der Waals surface area contributed by atoms with Crippen molar-refractivity contribution in [3.8, 4) is 22.8 Å². The molecule has 4 rings (SSSR count). The number of rotatable bonds is 8. The van der Waals surface area contributed by atoms with Crippen molar-refractivity contribution in [1.82, 2.24) is 10.1 Å². The van der Waals surface area contributed by atoms with Crippen LogP contribution < -0.4 is 4.90 Å². The van der Waals surface area contributed by atoms with Gasteiger partial charge < -0.3 is 19.3 Å². The van der Waals surface area contributed by atoms with Crippen LogP contribution in [0.2, 0.25) is 0 Å². The number of piperidine rings is 1. The van der Waals surface area contributed by atoms with Crippen LogP contribution in [-0.2, 0) is 22.3 Å². The summed E-state index contributed by atoms with van der Waals surface area (Å²) >= 11 is 0. The molecule has 0 radical (unpaired) electrons. The molecule has 2 heterocycles. The first kappa shape index (κ1) is 24.7. The van der Waals surface area contributed by atoms with Crippen molar-refractivity contribution in [3.63, 3.8) is 0 Å². The Bertz CT molecular complexity index is 1180. The van der Waals surface area contributed by atoms with Crippen molar-refractivity contribution in [3.05, 3.63) is 53.6 Å². The maximum Gasteiger partial charge on any atom is 0.418 e. The molecule has 0 spiro atoms. The largest absolute Gasteiger partial charge is 0.481 e. The van der Waals surface area contributed by atoms with E-state index < -0.39 is 17.7 Å². The van der Waals surface area contributed by atoms with Crippen LogP contribution in [0.5, 0.6) is 0 Å². The lowest BCUT2D eigenvalue weighted by Crippen LogP contribution is -2.38. The minimum atomic E-state index is -4.53. The first-order chi connectivity index (χ1) is 16.7. The molecule has 186 valence electrons. The molecule has 1 atom stereocenters. The fourth-order valence-electron chi connectivity index (χ4n) is 4.21. The van der Waals surface area contributed by atoms with Gasteiger partial charge in [0.1, 0.15) is 0 Å². The van der Waals surface area contributed by atoms with Crippen LogP contribution >= 0.6 is 0 Å². The normalized spacial score (nSPS) is 16.5. The molecule has 0 amide bonds. The Morgan fingerprint density at radius 1 is 1.20 bits per heavy atom. The molecule has 10 heteroatoms. The van der Waals surface area contributed by atoms with Gasteiger partial charge in [-0.25, -0.2) is 0 Å². The Balaban J connectivity index is 1.56. The number of carboxylic acids is 1. The zero-order valence-corrected chi connectivity index (χ0v) is 19.2. The number of carbonyl (C=O) groups is 1. The lowest BCUT2D eigenvalue weighted by molar-refractivity contribution is -0.138. The third-order valence-corrected chi connectivity index (χ3v) is 6.00. The van der Waals surface area contributed by atoms with E-state index in [0.717, 1.165) is 30.9 Å². The first-order valence-electron chi connectivity index (χ1n) is 11.4. The fourth-order valence-corrected chi connectivity index (χ4v) is 4.21. The minimum Gasteiger partial charge on any atom is -0.481 e. The lowest BCUT2D eigenvalue weighted by Gasteiger charge is -2.37. The van der Waals surface area contributed by atoms with Crippen molar-refractivity contribution >= 4 is 11.7 Å². The summed E-state index contributed by atoms with van der Waals surface area (Å²) < 4.78 is 52.6. The van der Waals surface area contributed by atoms with E-state index in [-0.39, 0.29) is 48.6 Å². The lowest BCUT2D eigenvalue weighted by atomic mass is 9.99. The number of alkyl halides is 3. The highest BCUT2D eigenvalue weighted by molar-refractivity contribution is 5.67. The van der Waals surface area contributed by atoms with Gasteiger partial charge in [0, 0.05) is 29.4 Å². The predicted octanol–water partition coefficient (Wildman–Crippen LogP) is 5.79. The monoisotopic (exact) mass is 489 g/mol. The topological polar surface area (TPSA) is 88.7 Å². The maximum absolute atomic E-state index is 14.0. The third kappa shape index (κ3) is 6.00. The smallest absolute Gasteiger partial charge is 0.418 e. The zero-order chi connectivity index (χ0) is 25.0. The van der Waals surface area contributed by atoms with Crippen molar-refractivity contribution in [2.24, 2.45) is 0 Å². The van der Waals surface area contributed by atoms with Crippen LogP contribution in [-0.4, -0.2) is 40.4 Å². The third-order valence-electron chi connectivity index (χ3n) is 6.00. The van der Waals surface area contributed by atoms with Gasteiger partial charge >= 0.3 is 12.1 Å². The van der Waals surface area contributed by atoms with Gasteiger partial charge in [-0.05, 0) is 56.0 Å². The van der Waals surface area contributed by atoms with Gasteiger partial charge in [-0.1, -0.05) is 23.4 Å². The summed E-state index contributed by atoms with van der Waals surface area (Å²) in [7, 11) is 0. The van der Waals surface area contributed by atoms with Crippen LogP contribution in [0.3, 0.4) is 0 Å². The van der Waals surface area contributed by atoms with Gasteiger partial charge in [-0.3, -0.25) is 4.79 Å². The highest BCUT2D eigenvalue weighted by Crippen LogP contribution is 2.41. The summed E-state index contributed by atoms with van der Waals surface area (Å²) in [5, 5.41) is 12.6. The number of ether oxygens (including phenoxy) is 1. The maximum atomic E-state index is 14.0. The van der Waals surface area contributed by atoms with E-state index >= 15 is 0 Å². The second kappa shape index (κ2) is 10.5. The zero-order valence-electron chi connectivity index (χ0n) is 19.2. The van der Waals surface area contributed by atoms with Crippen molar-refractivity contribution in [1.29, 1.82) is 0 Å². The molecule has 1 saturated heterocycles. The van der Waals surface area contributed by atoms with Crippen molar-refractivity contribution in [2.45, 2.75) is 51.4 Å². The summed E-state index contributed by atoms with van der Waals surface area (Å²) in [5.74, 6) is -0.716. The number of aromatic nitrogens is 2. The number of carboxylic acid groups (broad SMARTS) is 1. The second-order valence-electron chi connectivity index (χ2n) is 8.59. The molecule has 1 N–H and O–H groups in total. The van der Waals surface area contributed by atoms with Crippen LogP contribution in [0.15, 0.2) is 47.0 Å². The average Bonchev–Trinajstić information content (AvgIpc) is 3.32. The second-order valence-corrected chi connectivity index (χ2v) is 8.59. The predicted molar refractivity (Wildman–Crippen MR) is 123 cm³/mol. The van der Waals surface area contributed by atoms with Crippen LogP contribution in [0.1, 0.15) is 43.7 Å². The van der Waals surface area contributed by atoms with Crippen LogP contribution in [0, 0.1) is 0 Å². The molecule has 7 nitrogen and oxygen atoms in total. The van der Waals surface area contributed by atoms with E-state index in [1.165, 1.54) is 6.07 Å². The Morgan fingerprint density at radius 3 is 2.77 bits per heavy atom. The summed E-state index contributed by atoms with van der Waals surface area (Å²) in [5.41, 5.74) is 1.03. The van der Waals surface area contributed by atoms with Gasteiger partial charge in [0.2, 0.25) is 5.82 Å². The molecule has 35 heavy (non-hydrogen) atoms. The van der Waals surface area contributed by atoms with Crippen LogP contribution in [0.25, 0.3) is 22.8 Å². The quantitative estimate of drug-likeness (QED) is 0.401. The molecule has 1 aromatic heterocycles. The molecular formula is C25H26F3N3O4. The van der Waals surface area contributed by atoms with E-state index in [9.17, 15) is 18.0 Å². The van der Waals surface area contributed by atoms with Gasteiger partial charge in [0.15, 0.2) is 0 Å². The molecule has 0 bridgehead atoms. The minimum absolute atomic E-state index is 0.00754. The number of nitrogens with zero attached hydrogens (tertiary/aromatic N) is 3. The summed E-state index contributed by atoms with van der Waals surface area (Å²) in [6, 6.07) is 11.2. The first-order valence-corrected chi connectivity index (χ1v) is 11.4. The average molecular weight is 489 g/mol. The number of hydrogen-bond acceptors (Lipinski definition) is 6. The highest BCUT2D eigenvalue weighted by Gasteiger charge is 2.37. The Kier molecular flexibility index (Phi) is 7.39. The molecular weight excluding hydrogens is 463 g/mol. The van der Waals surface area contributed by atoms with Crippen molar-refractivity contribution < 1.29 is 32.3 Å². The Morgan fingerprint density at radius 2 is 2.03 bits per heavy atom. The Labute approximate surface area is 200 Å². The summed E-state index contributed by atoms with van der Waals surface area (Å²) in [6.07, 6.45) is -1.89. The summed E-state index contributed by atoms with van der Waals surface area (Å²) in [4.78, 5) is 16.7. The number of hydrogen-bond donors (Lipinski definition) is 1. The van der Waals surface area contributed by atoms with Gasteiger partial charge in [0.05, 0.1) is 25.2 Å². The van der Waals surface area contributed by atoms with E-state index in [4.69, 9.17) is 14.4 Å². The molecule has 1 aliphatic heterocycles. The standard InChI is InChI=1S/C25H26F3N3O4/c1-16-5-2-3-11-31(16)21-9-8-19(14-20(21)25(26,27)28)24-29-23(30-35-24)18-7-4-6-17(13-18)15-34-12-10-22(32)33/h4,6-9,13-14,16H,2-3,5,10-12,15H2,1H3,(H,32,33). The molecule has 0 saturated carbocycles. The van der Waals surface area contributed by atoms with Gasteiger partial charge in [-0.2, -0.15) is 18.2 Å². The van der Waals surface area contributed by atoms with Crippen LogP contribution in [0.4, 0.5) is 18.9 Å². The molecule has 1 unspecified atom stereocenters. The van der Waals surface area contributed by atoms with E-state index in [1.807, 2.05) is 11.8 Å². The van der Waals surface area contributed by atoms with E-state index in [1.54, 1.807) is 30.3 Å². The summed E-state index contributed by atoms with van der Waals surface area (Å²) in [6.45, 7) is 2.82. The van der Waals surface area contributed by atoms with E-state index in [2.05, 4.69) is 10.1 Å². The number of halogens is 3. The van der Waals surface area contributed by atoms with Crippen molar-refractivity contribution in [2.75, 3.05) is 18.1 Å². The SMILES string of the molecule is CC1CCCCN1c1ccc(-c2nc(-c3cccc(COCCC(=O)O)c3)no2)cc1C(F)(F)F. The number of aliphatic carboxylic acids is 1. The van der Waals surface area contributed by atoms with E-state index in [0.29, 0.717) is 12.1 Å². The molecule has 1 fully saturated rings. The number of benzene rings is 2. The van der Waals surface area contributed by atoms with Gasteiger partial charge in [0.25, 0.3) is 5.89 Å².